The number of aliphatic hydroxyl groups is 1. The maximum atomic E-state index is 10.7. The fourth-order valence-electron chi connectivity index (χ4n) is 3.81. The lowest BCUT2D eigenvalue weighted by Gasteiger charge is -2.39. The summed E-state index contributed by atoms with van der Waals surface area (Å²) >= 11 is 3.45. The highest BCUT2D eigenvalue weighted by Gasteiger charge is 2.31. The van der Waals surface area contributed by atoms with Crippen LogP contribution >= 0.6 is 15.9 Å². The lowest BCUT2D eigenvalue weighted by Crippen LogP contribution is -2.55. The molecule has 1 aliphatic heterocycles. The summed E-state index contributed by atoms with van der Waals surface area (Å²) in [5.41, 5.74) is 0.877. The Hall–Kier alpha value is -1.18. The number of halogens is 1. The fraction of sp³-hybridized carbons (Fsp3) is 0.667. The molecule has 1 saturated carbocycles. The van der Waals surface area contributed by atoms with Gasteiger partial charge in [-0.2, -0.15) is 0 Å². The Bertz CT molecular complexity index is 592. The molecule has 2 heterocycles. The zero-order valence-electron chi connectivity index (χ0n) is 14.7. The predicted octanol–water partition coefficient (Wildman–Crippen LogP) is 2.69. The van der Waals surface area contributed by atoms with E-state index in [1.54, 1.807) is 12.4 Å². The molecule has 2 aliphatic rings. The predicted molar refractivity (Wildman–Crippen MR) is 103 cm³/mol. The van der Waals surface area contributed by atoms with Crippen LogP contribution in [-0.2, 0) is 4.84 Å². The van der Waals surface area contributed by atoms with Crippen LogP contribution in [0.5, 0.6) is 0 Å². The molecule has 2 unspecified atom stereocenters. The molecule has 6 nitrogen and oxygen atoms in total. The number of rotatable bonds is 5. The van der Waals surface area contributed by atoms with Crippen LogP contribution in [0.3, 0.4) is 0 Å². The molecule has 1 saturated heterocycles. The maximum Gasteiger partial charge on any atom is 0.137 e. The summed E-state index contributed by atoms with van der Waals surface area (Å²) in [6.07, 6.45) is 10.4. The first-order valence-electron chi connectivity index (χ1n) is 9.08. The van der Waals surface area contributed by atoms with E-state index in [9.17, 15) is 5.11 Å². The van der Waals surface area contributed by atoms with E-state index in [2.05, 4.69) is 36.3 Å². The molecule has 0 spiro atoms. The molecule has 1 aliphatic carbocycles. The smallest absolute Gasteiger partial charge is 0.137 e. The number of nitrogens with zero attached hydrogens (tertiary/aromatic N) is 3. The van der Waals surface area contributed by atoms with Crippen LogP contribution in [0.1, 0.15) is 44.1 Å². The fourth-order valence-corrected chi connectivity index (χ4v) is 4.16. The van der Waals surface area contributed by atoms with E-state index in [0.717, 1.165) is 28.8 Å². The maximum absolute atomic E-state index is 10.7. The summed E-state index contributed by atoms with van der Waals surface area (Å²) in [5, 5.41) is 18.2. The van der Waals surface area contributed by atoms with Gasteiger partial charge >= 0.3 is 0 Å². The van der Waals surface area contributed by atoms with E-state index >= 15 is 0 Å². The van der Waals surface area contributed by atoms with Crippen molar-refractivity contribution in [2.45, 2.75) is 56.7 Å². The van der Waals surface area contributed by atoms with E-state index < -0.39 is 6.10 Å². The van der Waals surface area contributed by atoms with Crippen molar-refractivity contribution in [2.24, 2.45) is 5.16 Å². The Balaban J connectivity index is 1.65. The van der Waals surface area contributed by atoms with Gasteiger partial charge in [0.2, 0.25) is 0 Å². The number of hydrogen-bond acceptors (Lipinski definition) is 6. The van der Waals surface area contributed by atoms with Crippen molar-refractivity contribution < 1.29 is 9.94 Å². The number of β-amino-alcohol motifs (C(OH)–C–C–N with tert-alkyl or cyclic N) is 1. The molecule has 0 amide bonds. The molecule has 2 N–H and O–H groups in total. The number of aromatic nitrogens is 1. The molecule has 0 aromatic carbocycles. The van der Waals surface area contributed by atoms with E-state index in [1.165, 1.54) is 39.2 Å². The minimum atomic E-state index is -0.395. The highest BCUT2D eigenvalue weighted by Crippen LogP contribution is 2.25. The van der Waals surface area contributed by atoms with Gasteiger partial charge in [0.05, 0.1) is 12.3 Å². The second-order valence-electron chi connectivity index (χ2n) is 6.89. The molecule has 2 atom stereocenters. The van der Waals surface area contributed by atoms with Gasteiger partial charge in [0.1, 0.15) is 12.9 Å². The van der Waals surface area contributed by atoms with Crippen LogP contribution in [0.4, 0.5) is 5.82 Å². The minimum Gasteiger partial charge on any atom is -0.399 e. The Morgan fingerprint density at radius 3 is 2.88 bits per heavy atom. The summed E-state index contributed by atoms with van der Waals surface area (Å²) in [5.74, 6) is 0.833. The van der Waals surface area contributed by atoms with E-state index in [1.807, 2.05) is 6.07 Å². The van der Waals surface area contributed by atoms with Crippen molar-refractivity contribution >= 4 is 28.0 Å². The van der Waals surface area contributed by atoms with Crippen molar-refractivity contribution in [3.05, 3.63) is 22.3 Å². The van der Waals surface area contributed by atoms with Gasteiger partial charge in [-0.3, -0.25) is 0 Å². The first-order chi connectivity index (χ1) is 12.2. The van der Waals surface area contributed by atoms with E-state index in [0.29, 0.717) is 12.6 Å². The number of pyridine rings is 1. The van der Waals surface area contributed by atoms with Crippen LogP contribution in [0.15, 0.2) is 21.9 Å². The van der Waals surface area contributed by atoms with Crippen molar-refractivity contribution in [3.8, 4) is 0 Å². The number of nitrogens with one attached hydrogen (secondary N) is 1. The van der Waals surface area contributed by atoms with Crippen LogP contribution in [0, 0.1) is 0 Å². The van der Waals surface area contributed by atoms with Gasteiger partial charge in [-0.25, -0.2) is 4.98 Å². The van der Waals surface area contributed by atoms with Gasteiger partial charge in [0.25, 0.3) is 0 Å². The molecule has 2 fully saturated rings. The van der Waals surface area contributed by atoms with Crippen LogP contribution in [0.2, 0.25) is 0 Å². The molecule has 1 aromatic heterocycles. The standard InChI is InChI=1S/C18H27BrN4O2/c1-25-21-10-13-9-14(19)11-20-18(13)23-8-7-16(17(24)12-23)22-15-5-3-2-4-6-15/h9-11,15-17,22,24H,2-8,12H2,1H3/b21-10+. The number of oxime groups is 1. The third-order valence-electron chi connectivity index (χ3n) is 5.10. The molecule has 7 heteroatoms. The molecule has 1 aromatic rings. The topological polar surface area (TPSA) is 70.0 Å². The molecule has 25 heavy (non-hydrogen) atoms. The first kappa shape index (κ1) is 18.6. The van der Waals surface area contributed by atoms with Gasteiger partial charge in [-0.05, 0) is 41.3 Å². The van der Waals surface area contributed by atoms with Crippen molar-refractivity contribution in [1.29, 1.82) is 0 Å². The second kappa shape index (κ2) is 8.96. The Labute approximate surface area is 157 Å². The number of aliphatic hydroxyl groups excluding tert-OH is 1. The van der Waals surface area contributed by atoms with Gasteiger partial charge in [-0.1, -0.05) is 24.4 Å². The Morgan fingerprint density at radius 2 is 2.16 bits per heavy atom. The van der Waals surface area contributed by atoms with Gasteiger partial charge in [0, 0.05) is 41.4 Å². The largest absolute Gasteiger partial charge is 0.399 e. The van der Waals surface area contributed by atoms with Gasteiger partial charge in [0.15, 0.2) is 0 Å². The lowest BCUT2D eigenvalue weighted by atomic mass is 9.92. The summed E-state index contributed by atoms with van der Waals surface area (Å²) in [6.45, 7) is 1.44. The highest BCUT2D eigenvalue weighted by atomic mass is 79.9. The second-order valence-corrected chi connectivity index (χ2v) is 7.81. The van der Waals surface area contributed by atoms with Gasteiger partial charge < -0.3 is 20.2 Å². The summed E-state index contributed by atoms with van der Waals surface area (Å²) in [6, 6.07) is 2.70. The average molecular weight is 411 g/mol. The highest BCUT2D eigenvalue weighted by molar-refractivity contribution is 9.10. The quantitative estimate of drug-likeness (QED) is 0.576. The lowest BCUT2D eigenvalue weighted by molar-refractivity contribution is 0.103. The summed E-state index contributed by atoms with van der Waals surface area (Å²) in [4.78, 5) is 11.5. The zero-order chi connectivity index (χ0) is 17.6. The molecular formula is C18H27BrN4O2. The number of anilines is 1. The molecule has 3 rings (SSSR count). The minimum absolute atomic E-state index is 0.172. The summed E-state index contributed by atoms with van der Waals surface area (Å²) < 4.78 is 0.892. The van der Waals surface area contributed by atoms with Crippen LogP contribution in [0.25, 0.3) is 0 Å². The number of hydrogen-bond donors (Lipinski definition) is 2. The SMILES string of the molecule is CO/N=C/c1cc(Br)cnc1N1CCC(NC2CCCCC2)C(O)C1. The van der Waals surface area contributed by atoms with E-state index in [4.69, 9.17) is 4.84 Å². The van der Waals surface area contributed by atoms with E-state index in [-0.39, 0.29) is 6.04 Å². The first-order valence-corrected chi connectivity index (χ1v) is 9.88. The molecule has 138 valence electrons. The molecular weight excluding hydrogens is 384 g/mol. The molecule has 0 radical (unpaired) electrons. The van der Waals surface area contributed by atoms with Crippen LogP contribution in [-0.4, -0.2) is 54.7 Å². The third kappa shape index (κ3) is 4.92. The van der Waals surface area contributed by atoms with Crippen molar-refractivity contribution in [3.63, 3.8) is 0 Å². The normalized spacial score (nSPS) is 25.5. The number of piperidine rings is 1. The molecule has 0 bridgehead atoms. The third-order valence-corrected chi connectivity index (χ3v) is 5.53. The van der Waals surface area contributed by atoms with Gasteiger partial charge in [-0.15, -0.1) is 0 Å². The average Bonchev–Trinajstić information content (AvgIpc) is 2.63. The Kier molecular flexibility index (Phi) is 6.67. The van der Waals surface area contributed by atoms with Crippen LogP contribution < -0.4 is 10.2 Å². The summed E-state index contributed by atoms with van der Waals surface area (Å²) in [7, 11) is 1.52. The zero-order valence-corrected chi connectivity index (χ0v) is 16.3. The van der Waals surface area contributed by atoms with Crippen molar-refractivity contribution in [2.75, 3.05) is 25.1 Å². The van der Waals surface area contributed by atoms with Crippen molar-refractivity contribution in [1.82, 2.24) is 10.3 Å². The monoisotopic (exact) mass is 410 g/mol. The Morgan fingerprint density at radius 1 is 1.36 bits per heavy atom.